The van der Waals surface area contributed by atoms with Gasteiger partial charge in [0.2, 0.25) is 0 Å². The minimum atomic E-state index is 0.0938. The third-order valence-corrected chi connectivity index (χ3v) is 18.7. The summed E-state index contributed by atoms with van der Waals surface area (Å²) in [5.74, 6) is 1.98. The Kier molecular flexibility index (Phi) is 37.1. The molecule has 0 amide bonds. The summed E-state index contributed by atoms with van der Waals surface area (Å²) in [6.07, 6.45) is 26.6. The zero-order valence-corrected chi connectivity index (χ0v) is 73.7. The number of nitrogens with zero attached hydrogens (tertiary/aromatic N) is 8. The van der Waals surface area contributed by atoms with Gasteiger partial charge in [0.1, 0.15) is 24.0 Å². The zero-order chi connectivity index (χ0) is 81.5. The van der Waals surface area contributed by atoms with Crippen molar-refractivity contribution in [2.75, 3.05) is 0 Å². The highest BCUT2D eigenvalue weighted by molar-refractivity contribution is 7.19. The molecule has 0 fully saturated rings. The second-order valence-electron chi connectivity index (χ2n) is 37.6. The van der Waals surface area contributed by atoms with E-state index in [1.54, 1.807) is 68.5 Å². The van der Waals surface area contributed by atoms with Crippen molar-refractivity contribution in [3.8, 4) is 0 Å². The van der Waals surface area contributed by atoms with Crippen LogP contribution in [0.5, 0.6) is 0 Å². The Bertz CT molecular complexity index is 3640. The monoisotopic (exact) mass is 1500 g/mol. The first kappa shape index (κ1) is 94.8. The van der Waals surface area contributed by atoms with Crippen LogP contribution < -0.4 is 0 Å². The summed E-state index contributed by atoms with van der Waals surface area (Å²) in [7, 11) is 2.08. The van der Waals surface area contributed by atoms with E-state index in [1.807, 2.05) is 77.7 Å². The predicted molar refractivity (Wildman–Crippen MR) is 455 cm³/mol. The van der Waals surface area contributed by atoms with Crippen molar-refractivity contribution in [1.29, 1.82) is 0 Å². The van der Waals surface area contributed by atoms with Crippen LogP contribution in [0.4, 0.5) is 0 Å². The lowest BCUT2D eigenvalue weighted by Gasteiger charge is -2.19. The molecule has 0 unspecified atom stereocenters. The van der Waals surface area contributed by atoms with Gasteiger partial charge in [-0.05, 0) is 127 Å². The van der Waals surface area contributed by atoms with Gasteiger partial charge in [-0.25, -0.2) is 0 Å². The topological polar surface area (TPSA) is 161 Å². The summed E-state index contributed by atoms with van der Waals surface area (Å²) in [6.45, 7) is 71.5. The third kappa shape index (κ3) is 38.4. The van der Waals surface area contributed by atoms with Gasteiger partial charge in [0.15, 0.2) is 0 Å². The summed E-state index contributed by atoms with van der Waals surface area (Å²) >= 11 is 3.73. The molecule has 0 saturated carbocycles. The Morgan fingerprint density at radius 3 is 1.23 bits per heavy atom. The van der Waals surface area contributed by atoms with Gasteiger partial charge < -0.3 is 27.0 Å². The molecule has 0 N–H and O–H groups in total. The number of aryl methyl sites for hydroxylation is 1. The maximum atomic E-state index is 5.20. The average Bonchev–Trinajstić information content (AvgIpc) is 1.67. The van der Waals surface area contributed by atoms with E-state index in [1.165, 1.54) is 42.2 Å². The molecular formula is C92H136N8O5S2. The predicted octanol–water partition coefficient (Wildman–Crippen LogP) is 27.2. The van der Waals surface area contributed by atoms with Crippen molar-refractivity contribution in [2.45, 2.75) is 288 Å². The first-order valence-corrected chi connectivity index (χ1v) is 38.7. The van der Waals surface area contributed by atoms with E-state index in [-0.39, 0.29) is 54.1 Å². The number of aromatic nitrogens is 8. The van der Waals surface area contributed by atoms with Crippen molar-refractivity contribution in [3.63, 3.8) is 0 Å². The number of fused-ring (bicyclic) bond motifs is 1. The number of furan rings is 2. The van der Waals surface area contributed by atoms with E-state index < -0.39 is 0 Å². The van der Waals surface area contributed by atoms with E-state index in [9.17, 15) is 0 Å². The summed E-state index contributed by atoms with van der Waals surface area (Å²) in [5.41, 5.74) is 10.7. The van der Waals surface area contributed by atoms with Crippen molar-refractivity contribution in [1.82, 2.24) is 40.0 Å². The number of thiophene rings is 2. The van der Waals surface area contributed by atoms with Crippen LogP contribution in [0.25, 0.3) is 10.1 Å². The molecule has 1 aromatic carbocycles. The number of benzene rings is 1. The second-order valence-corrected chi connectivity index (χ2v) is 39.6. The van der Waals surface area contributed by atoms with Gasteiger partial charge in [0.25, 0.3) is 0 Å². The molecule has 15 heteroatoms. The van der Waals surface area contributed by atoms with Crippen LogP contribution in [0.3, 0.4) is 0 Å². The van der Waals surface area contributed by atoms with Gasteiger partial charge in [-0.1, -0.05) is 274 Å². The minimum absolute atomic E-state index is 0.0938. The summed E-state index contributed by atoms with van der Waals surface area (Å²) in [5, 5.41) is 14.5. The Morgan fingerprint density at radius 2 is 0.944 bits per heavy atom. The molecule has 13 nitrogen and oxygen atoms in total. The average molecular weight is 1500 g/mol. The molecule has 0 spiro atoms. The Morgan fingerprint density at radius 1 is 0.355 bits per heavy atom. The second kappa shape index (κ2) is 41.9. The Balaban J connectivity index is 0.000000400. The van der Waals surface area contributed by atoms with Gasteiger partial charge in [0, 0.05) is 122 Å². The van der Waals surface area contributed by atoms with E-state index >= 15 is 0 Å². The van der Waals surface area contributed by atoms with Crippen LogP contribution in [-0.4, -0.2) is 40.0 Å². The van der Waals surface area contributed by atoms with Crippen LogP contribution in [0.15, 0.2) is 230 Å². The SMILES string of the molecule is CC(C)(C)c1cc2ccccc2s1.CC(C)(C)c1cccnc1.CC(C)(C)c1ccco1.CC(C)(C)c1cccs1.CC(C)(C)c1ccncc1.CC(C)(C)c1ccno1.CC(C)(C)c1ccoc1.CC(C)(C)c1ccon1.CC(C)(C)c1cnccn1.CC(C)(C)c1cnoc1.Cn1cccc1C(C)(C)C. The summed E-state index contributed by atoms with van der Waals surface area (Å²) in [6, 6.07) is 37.3. The quantitative estimate of drug-likeness (QED) is 0.142. The van der Waals surface area contributed by atoms with E-state index in [2.05, 4.69) is 360 Å². The van der Waals surface area contributed by atoms with Gasteiger partial charge in [-0.2, -0.15) is 0 Å². The Labute approximate surface area is 654 Å². The van der Waals surface area contributed by atoms with Crippen LogP contribution in [0.2, 0.25) is 0 Å². The molecular weight excluding hydrogens is 1360 g/mol. The van der Waals surface area contributed by atoms with Crippen LogP contribution in [0, 0.1) is 0 Å². The molecule has 11 aromatic heterocycles. The van der Waals surface area contributed by atoms with Crippen molar-refractivity contribution >= 4 is 32.8 Å². The fraction of sp³-hybridized carbons (Fsp3) is 0.489. The van der Waals surface area contributed by atoms with E-state index in [0.29, 0.717) is 5.41 Å². The molecule has 0 aliphatic rings. The largest absolute Gasteiger partial charge is 0.472 e. The zero-order valence-electron chi connectivity index (χ0n) is 72.1. The number of rotatable bonds is 0. The van der Waals surface area contributed by atoms with Crippen LogP contribution in [0.1, 0.15) is 289 Å². The maximum absolute atomic E-state index is 5.20. The number of hydrogen-bond donors (Lipinski definition) is 0. The molecule has 0 atom stereocenters. The van der Waals surface area contributed by atoms with E-state index in [4.69, 9.17) is 22.4 Å². The number of pyridine rings is 2. The fourth-order valence-corrected chi connectivity index (χ4v) is 10.8. The van der Waals surface area contributed by atoms with Crippen LogP contribution in [-0.2, 0) is 66.6 Å². The first-order valence-electron chi connectivity index (χ1n) is 37.0. The van der Waals surface area contributed by atoms with Gasteiger partial charge in [-0.15, -0.1) is 22.7 Å². The molecule has 11 heterocycles. The van der Waals surface area contributed by atoms with Crippen molar-refractivity contribution in [2.24, 2.45) is 7.05 Å². The fourth-order valence-electron chi connectivity index (χ4n) is 8.82. The van der Waals surface area contributed by atoms with Gasteiger partial charge in [-0.3, -0.25) is 19.9 Å². The van der Waals surface area contributed by atoms with Crippen molar-refractivity contribution < 1.29 is 22.4 Å². The molecule has 0 aliphatic carbocycles. The molecule has 0 radical (unpaired) electrons. The first-order chi connectivity index (χ1) is 49.0. The Hall–Kier alpha value is -8.27. The molecule has 12 rings (SSSR count). The summed E-state index contributed by atoms with van der Waals surface area (Å²) in [4.78, 5) is 19.1. The highest BCUT2D eigenvalue weighted by Crippen LogP contribution is 2.34. The highest BCUT2D eigenvalue weighted by atomic mass is 32.1. The summed E-state index contributed by atoms with van der Waals surface area (Å²) < 4.78 is 28.0. The third-order valence-electron chi connectivity index (χ3n) is 15.9. The normalized spacial score (nSPS) is 11.8. The number of hydrogen-bond acceptors (Lipinski definition) is 14. The molecule has 107 heavy (non-hydrogen) atoms. The van der Waals surface area contributed by atoms with E-state index in [0.717, 1.165) is 28.5 Å². The molecule has 0 saturated heterocycles. The van der Waals surface area contributed by atoms with Gasteiger partial charge in [0.05, 0.1) is 42.6 Å². The molecule has 0 bridgehead atoms. The van der Waals surface area contributed by atoms with Gasteiger partial charge >= 0.3 is 0 Å². The lowest BCUT2D eigenvalue weighted by molar-refractivity contribution is 0.329. The van der Waals surface area contributed by atoms with Crippen LogP contribution >= 0.6 is 22.7 Å². The minimum Gasteiger partial charge on any atom is -0.472 e. The maximum Gasteiger partial charge on any atom is 0.142 e. The standard InChI is InChI=1S/C12H14S.C9H15N.2C9H13N.C8H12N2.2C8H12O.C8H12S.3C7H11NO/c1-12(2,3)11-8-9-6-4-5-7-10(9)13-11;1-9(2,3)8-6-5-7-10(8)4;1-9(2,3)8-4-6-10-7-5-8;1-9(2,3)8-5-4-6-10-7-8;1-8(2,3)7-6-9-4-5-10-7;1-8(2,3)7-4-5-9-6-7;2*1-8(2,3)7-5-4-6-9-7;1-7(2,3)6-4-8-9-5-6;1-7(2,3)6-4-5-9-8-6;1-7(2,3)6-4-5-8-9-6/h4-8H,1-3H3;5-7H,1-4H3;2*4-7H,1-3H3;4-6H,1-3H3;3*4-6H,1-3H3;3*4-5H,1-3H3. The smallest absolute Gasteiger partial charge is 0.142 e. The molecule has 12 aromatic rings. The lowest BCUT2D eigenvalue weighted by atomic mass is 9.88. The van der Waals surface area contributed by atoms with Crippen molar-refractivity contribution in [3.05, 3.63) is 268 Å². The lowest BCUT2D eigenvalue weighted by Crippen LogP contribution is -2.15. The molecule has 586 valence electrons. The molecule has 0 aliphatic heterocycles. The highest BCUT2D eigenvalue weighted by Gasteiger charge is 2.22.